The molecule has 3 rings (SSSR count). The number of hydrogen-bond donors (Lipinski definition) is 0. The molecule has 2 aromatic heterocycles. The van der Waals surface area contributed by atoms with Gasteiger partial charge in [-0.25, -0.2) is 9.97 Å². The van der Waals surface area contributed by atoms with E-state index in [4.69, 9.17) is 23.2 Å². The number of rotatable bonds is 0. The van der Waals surface area contributed by atoms with Gasteiger partial charge in [0.05, 0.1) is 5.03 Å². The summed E-state index contributed by atoms with van der Waals surface area (Å²) in [6.45, 7) is 0. The molecule has 1 aliphatic rings. The van der Waals surface area contributed by atoms with E-state index in [0.717, 1.165) is 0 Å². The molecule has 84 valence electrons. The van der Waals surface area contributed by atoms with Crippen LogP contribution in [0.2, 0.25) is 0 Å². The number of Topliss-reactive ketones (excluding diaryl/α,β-unsaturated/α-hetero) is 2. The number of hydrogen-bond acceptors (Lipinski definition) is 4. The molecule has 0 aliphatic heterocycles. The monoisotopic (exact) mass is 267 g/mol. The lowest BCUT2D eigenvalue weighted by molar-refractivity contribution is -0.111. The lowest BCUT2D eigenvalue weighted by Crippen LogP contribution is -2.22. The number of aromatic nitrogens is 3. The predicted octanol–water partition coefficient (Wildman–Crippen LogP) is 1.64. The molecule has 0 fully saturated rings. The van der Waals surface area contributed by atoms with Crippen molar-refractivity contribution in [2.45, 2.75) is 0 Å². The summed E-state index contributed by atoms with van der Waals surface area (Å²) in [6, 6.07) is 1.63. The van der Waals surface area contributed by atoms with Crippen molar-refractivity contribution in [1.29, 1.82) is 0 Å². The Morgan fingerprint density at radius 2 is 1.88 bits per heavy atom. The van der Waals surface area contributed by atoms with Gasteiger partial charge in [-0.15, -0.1) is 0 Å². The van der Waals surface area contributed by atoms with Crippen molar-refractivity contribution < 1.29 is 9.59 Å². The van der Waals surface area contributed by atoms with E-state index in [1.54, 1.807) is 12.3 Å². The Hall–Kier alpha value is -1.72. The van der Waals surface area contributed by atoms with Gasteiger partial charge in [-0.2, -0.15) is 0 Å². The van der Waals surface area contributed by atoms with Crippen molar-refractivity contribution in [2.24, 2.45) is 0 Å². The molecule has 0 unspecified atom stereocenters. The smallest absolute Gasteiger partial charge is 0.253 e. The van der Waals surface area contributed by atoms with Crippen molar-refractivity contribution in [1.82, 2.24) is 14.4 Å². The van der Waals surface area contributed by atoms with Crippen LogP contribution in [0.3, 0.4) is 0 Å². The van der Waals surface area contributed by atoms with Gasteiger partial charge in [0.15, 0.2) is 0 Å². The summed E-state index contributed by atoms with van der Waals surface area (Å²) >= 11 is 11.6. The van der Waals surface area contributed by atoms with Crippen molar-refractivity contribution in [3.63, 3.8) is 0 Å². The van der Waals surface area contributed by atoms with E-state index in [-0.39, 0.29) is 21.5 Å². The molecule has 0 bridgehead atoms. The van der Waals surface area contributed by atoms with Gasteiger partial charge in [0.1, 0.15) is 16.4 Å². The van der Waals surface area contributed by atoms with Crippen LogP contribution < -0.4 is 0 Å². The van der Waals surface area contributed by atoms with Crippen LogP contribution in [0.5, 0.6) is 0 Å². The maximum absolute atomic E-state index is 11.8. The average Bonchev–Trinajstić information content (AvgIpc) is 2.73. The van der Waals surface area contributed by atoms with Crippen molar-refractivity contribution in [2.75, 3.05) is 0 Å². The summed E-state index contributed by atoms with van der Waals surface area (Å²) < 4.78 is 1.42. The first-order chi connectivity index (χ1) is 8.11. The van der Waals surface area contributed by atoms with E-state index >= 15 is 0 Å². The van der Waals surface area contributed by atoms with Crippen LogP contribution in [0, 0.1) is 0 Å². The number of nitrogens with zero attached hydrogens (tertiary/aromatic N) is 3. The highest BCUT2D eigenvalue weighted by Crippen LogP contribution is 2.33. The second kappa shape index (κ2) is 3.38. The molecule has 0 saturated heterocycles. The predicted molar refractivity (Wildman–Crippen MR) is 61.0 cm³/mol. The van der Waals surface area contributed by atoms with Gasteiger partial charge >= 0.3 is 0 Å². The highest BCUT2D eigenvalue weighted by Gasteiger charge is 2.35. The zero-order valence-electron chi connectivity index (χ0n) is 8.15. The van der Waals surface area contributed by atoms with Crippen LogP contribution in [0.25, 0.3) is 10.8 Å². The van der Waals surface area contributed by atoms with Gasteiger partial charge in [-0.05, 0) is 6.07 Å². The number of halogens is 2. The zero-order chi connectivity index (χ0) is 12.2. The summed E-state index contributed by atoms with van der Waals surface area (Å²) in [6.07, 6.45) is 3.11. The van der Waals surface area contributed by atoms with E-state index in [1.165, 1.54) is 10.6 Å². The fourth-order valence-electron chi connectivity index (χ4n) is 1.67. The standard InChI is InChI=1S/C10H3Cl2N3O2/c11-4-5(12)8(16)9(17)7-6(4)14-10-13-2-1-3-15(7)10/h1-3H. The minimum absolute atomic E-state index is 0.0169. The summed E-state index contributed by atoms with van der Waals surface area (Å²) in [4.78, 5) is 31.4. The molecule has 2 aromatic rings. The Balaban J connectivity index is 2.48. The van der Waals surface area contributed by atoms with Crippen LogP contribution >= 0.6 is 23.2 Å². The first-order valence-electron chi connectivity index (χ1n) is 4.59. The molecule has 2 heterocycles. The molecule has 0 N–H and O–H groups in total. The van der Waals surface area contributed by atoms with Crippen LogP contribution in [0.1, 0.15) is 16.2 Å². The zero-order valence-corrected chi connectivity index (χ0v) is 9.66. The average molecular weight is 268 g/mol. The summed E-state index contributed by atoms with van der Waals surface area (Å²) in [7, 11) is 0. The number of ketones is 2. The molecular formula is C10H3Cl2N3O2. The maximum Gasteiger partial charge on any atom is 0.253 e. The van der Waals surface area contributed by atoms with Crippen LogP contribution in [0.15, 0.2) is 23.5 Å². The van der Waals surface area contributed by atoms with Crippen molar-refractivity contribution in [3.05, 3.63) is 34.9 Å². The number of carbonyl (C=O) groups excluding carboxylic acids is 2. The Bertz CT molecular complexity index is 717. The van der Waals surface area contributed by atoms with Crippen molar-refractivity contribution in [3.8, 4) is 0 Å². The SMILES string of the molecule is O=C1C(=O)c2c(nc3ncccn23)C(Cl)=C1Cl. The molecule has 0 atom stereocenters. The molecule has 1 aliphatic carbocycles. The fourth-order valence-corrected chi connectivity index (χ4v) is 2.06. The Morgan fingerprint density at radius 3 is 2.65 bits per heavy atom. The largest absolute Gasteiger partial charge is 0.284 e. The van der Waals surface area contributed by atoms with Gasteiger partial charge in [0, 0.05) is 12.4 Å². The molecule has 7 heteroatoms. The molecule has 17 heavy (non-hydrogen) atoms. The summed E-state index contributed by atoms with van der Waals surface area (Å²) in [5.74, 6) is -1.26. The topological polar surface area (TPSA) is 64.3 Å². The Morgan fingerprint density at radius 1 is 1.12 bits per heavy atom. The van der Waals surface area contributed by atoms with E-state index in [0.29, 0.717) is 5.78 Å². The molecular weight excluding hydrogens is 265 g/mol. The van der Waals surface area contributed by atoms with E-state index < -0.39 is 11.6 Å². The van der Waals surface area contributed by atoms with E-state index in [1.807, 2.05) is 0 Å². The van der Waals surface area contributed by atoms with Crippen LogP contribution in [0.4, 0.5) is 0 Å². The Kier molecular flexibility index (Phi) is 2.08. The van der Waals surface area contributed by atoms with Gasteiger partial charge in [-0.1, -0.05) is 23.2 Å². The van der Waals surface area contributed by atoms with Crippen LogP contribution in [-0.2, 0) is 4.79 Å². The number of imidazole rings is 1. The van der Waals surface area contributed by atoms with Crippen molar-refractivity contribution >= 4 is 45.6 Å². The highest BCUT2D eigenvalue weighted by atomic mass is 35.5. The quantitative estimate of drug-likeness (QED) is 0.681. The number of allylic oxidation sites excluding steroid dienone is 1. The summed E-state index contributed by atoms with van der Waals surface area (Å²) in [5.41, 5.74) is 0.299. The molecule has 0 aromatic carbocycles. The fraction of sp³-hybridized carbons (Fsp3) is 0. The molecule has 0 radical (unpaired) electrons. The van der Waals surface area contributed by atoms with Gasteiger partial charge < -0.3 is 0 Å². The third-order valence-corrected chi connectivity index (χ3v) is 3.25. The molecule has 0 saturated carbocycles. The highest BCUT2D eigenvalue weighted by molar-refractivity contribution is 6.70. The molecule has 0 amide bonds. The van der Waals surface area contributed by atoms with E-state index in [2.05, 4.69) is 9.97 Å². The lowest BCUT2D eigenvalue weighted by atomic mass is 10.1. The molecule has 5 nitrogen and oxygen atoms in total. The lowest BCUT2D eigenvalue weighted by Gasteiger charge is -2.08. The van der Waals surface area contributed by atoms with Gasteiger partial charge in [0.2, 0.25) is 11.6 Å². The van der Waals surface area contributed by atoms with Gasteiger partial charge in [-0.3, -0.25) is 14.0 Å². The maximum atomic E-state index is 11.8. The normalized spacial score (nSPS) is 15.6. The second-order valence-corrected chi connectivity index (χ2v) is 4.14. The minimum Gasteiger partial charge on any atom is -0.284 e. The van der Waals surface area contributed by atoms with Gasteiger partial charge in [0.25, 0.3) is 5.78 Å². The third kappa shape index (κ3) is 1.26. The number of carbonyl (C=O) groups is 2. The second-order valence-electron chi connectivity index (χ2n) is 3.38. The summed E-state index contributed by atoms with van der Waals surface area (Å²) in [5, 5.41) is -0.315. The molecule has 0 spiro atoms. The first-order valence-corrected chi connectivity index (χ1v) is 5.34. The number of fused-ring (bicyclic) bond motifs is 3. The first kappa shape index (κ1) is 10.4. The third-order valence-electron chi connectivity index (χ3n) is 2.42. The van der Waals surface area contributed by atoms with Crippen LogP contribution in [-0.4, -0.2) is 25.9 Å². The Labute approximate surface area is 105 Å². The minimum atomic E-state index is -0.824. The van der Waals surface area contributed by atoms with E-state index in [9.17, 15) is 9.59 Å².